The average molecular weight is 294 g/mol. The topological polar surface area (TPSA) is 84.6 Å². The van der Waals surface area contributed by atoms with Crippen molar-refractivity contribution in [3.63, 3.8) is 0 Å². The minimum Gasteiger partial charge on any atom is -0.393 e. The quantitative estimate of drug-likeness (QED) is 0.622. The smallest absolute Gasteiger partial charge is 0.269 e. The van der Waals surface area contributed by atoms with Gasteiger partial charge >= 0.3 is 0 Å². The van der Waals surface area contributed by atoms with Gasteiger partial charge in [0.2, 0.25) is 0 Å². The zero-order valence-corrected chi connectivity index (χ0v) is 12.2. The summed E-state index contributed by atoms with van der Waals surface area (Å²) in [5.74, 6) is 0.444. The van der Waals surface area contributed by atoms with Crippen LogP contribution in [0.25, 0.3) is 0 Å². The minimum atomic E-state index is -0.402. The van der Waals surface area contributed by atoms with E-state index in [2.05, 4.69) is 5.32 Å². The summed E-state index contributed by atoms with van der Waals surface area (Å²) in [4.78, 5) is 10.4. The third-order valence-electron chi connectivity index (χ3n) is 3.94. The Morgan fingerprint density at radius 2 is 2.29 bits per heavy atom. The molecule has 6 heteroatoms. The number of benzene rings is 1. The number of hydrogen-bond acceptors (Lipinski definition) is 5. The van der Waals surface area contributed by atoms with Gasteiger partial charge < -0.3 is 15.2 Å². The van der Waals surface area contributed by atoms with E-state index in [1.807, 2.05) is 0 Å². The van der Waals surface area contributed by atoms with Gasteiger partial charge in [0.05, 0.1) is 17.6 Å². The van der Waals surface area contributed by atoms with Gasteiger partial charge in [-0.3, -0.25) is 10.1 Å². The van der Waals surface area contributed by atoms with Crippen LogP contribution in [0.2, 0.25) is 0 Å². The lowest BCUT2D eigenvalue weighted by Crippen LogP contribution is -2.25. The third-order valence-corrected chi connectivity index (χ3v) is 3.94. The molecule has 6 nitrogen and oxygen atoms in total. The maximum Gasteiger partial charge on any atom is 0.269 e. The molecule has 1 saturated carbocycles. The highest BCUT2D eigenvalue weighted by Gasteiger charge is 2.20. The van der Waals surface area contributed by atoms with E-state index in [0.29, 0.717) is 12.5 Å². The van der Waals surface area contributed by atoms with E-state index in [9.17, 15) is 15.2 Å². The fourth-order valence-corrected chi connectivity index (χ4v) is 2.84. The summed E-state index contributed by atoms with van der Waals surface area (Å²) in [6.45, 7) is 1.10. The second kappa shape index (κ2) is 7.38. The van der Waals surface area contributed by atoms with Crippen molar-refractivity contribution < 1.29 is 14.8 Å². The molecule has 0 amide bonds. The second-order valence-electron chi connectivity index (χ2n) is 5.60. The molecule has 1 fully saturated rings. The molecule has 21 heavy (non-hydrogen) atoms. The van der Waals surface area contributed by atoms with Crippen molar-refractivity contribution in [1.82, 2.24) is 0 Å². The Morgan fingerprint density at radius 3 is 2.95 bits per heavy atom. The molecule has 1 aliphatic carbocycles. The zero-order chi connectivity index (χ0) is 15.2. The Kier molecular flexibility index (Phi) is 5.52. The number of nitrogens with one attached hydrogen (secondary N) is 1. The number of ether oxygens (including phenoxy) is 1. The van der Waals surface area contributed by atoms with Crippen LogP contribution in [0.4, 0.5) is 11.4 Å². The fraction of sp³-hybridized carbons (Fsp3) is 0.600. The standard InChI is InChI=1S/C15H22N2O4/c1-21-10-12-8-13(17(19)20)5-6-15(12)16-9-11-3-2-4-14(18)7-11/h5-6,8,11,14,16,18H,2-4,7,9-10H2,1H3. The Hall–Kier alpha value is -1.66. The minimum absolute atomic E-state index is 0.0701. The van der Waals surface area contributed by atoms with Crippen LogP contribution >= 0.6 is 0 Å². The van der Waals surface area contributed by atoms with Crippen LogP contribution in [-0.2, 0) is 11.3 Å². The molecule has 2 rings (SSSR count). The average Bonchev–Trinajstić information content (AvgIpc) is 2.46. The van der Waals surface area contributed by atoms with Gasteiger partial charge in [-0.15, -0.1) is 0 Å². The summed E-state index contributed by atoms with van der Waals surface area (Å²) < 4.78 is 5.11. The summed E-state index contributed by atoms with van der Waals surface area (Å²) in [6.07, 6.45) is 3.68. The summed E-state index contributed by atoms with van der Waals surface area (Å²) in [6, 6.07) is 4.77. The number of methoxy groups -OCH3 is 1. The number of rotatable bonds is 6. The van der Waals surface area contributed by atoms with Gasteiger partial charge in [0.15, 0.2) is 0 Å². The number of anilines is 1. The molecule has 0 heterocycles. The highest BCUT2D eigenvalue weighted by Crippen LogP contribution is 2.27. The lowest BCUT2D eigenvalue weighted by atomic mass is 9.87. The number of aliphatic hydroxyl groups excluding tert-OH is 1. The molecule has 2 N–H and O–H groups in total. The highest BCUT2D eigenvalue weighted by molar-refractivity contribution is 5.55. The van der Waals surface area contributed by atoms with Crippen molar-refractivity contribution in [3.8, 4) is 0 Å². The summed E-state index contributed by atoms with van der Waals surface area (Å²) in [7, 11) is 1.57. The highest BCUT2D eigenvalue weighted by atomic mass is 16.6. The first-order valence-electron chi connectivity index (χ1n) is 7.28. The van der Waals surface area contributed by atoms with E-state index in [1.165, 1.54) is 6.07 Å². The molecule has 0 spiro atoms. The van der Waals surface area contributed by atoms with Crippen LogP contribution in [0, 0.1) is 16.0 Å². The molecule has 0 aromatic heterocycles. The predicted molar refractivity (Wildman–Crippen MR) is 80.3 cm³/mol. The van der Waals surface area contributed by atoms with E-state index < -0.39 is 4.92 Å². The number of nitro groups is 1. The Morgan fingerprint density at radius 1 is 1.48 bits per heavy atom. The Balaban J connectivity index is 2.02. The molecule has 1 aromatic carbocycles. The lowest BCUT2D eigenvalue weighted by Gasteiger charge is -2.26. The predicted octanol–water partition coefficient (Wildman–Crippen LogP) is 2.70. The number of hydrogen-bond donors (Lipinski definition) is 2. The molecular weight excluding hydrogens is 272 g/mol. The fourth-order valence-electron chi connectivity index (χ4n) is 2.84. The molecule has 2 unspecified atom stereocenters. The molecule has 0 saturated heterocycles. The number of non-ortho nitro benzene ring substituents is 1. The van der Waals surface area contributed by atoms with Gasteiger partial charge in [-0.25, -0.2) is 0 Å². The maximum absolute atomic E-state index is 10.8. The van der Waals surface area contributed by atoms with Crippen molar-refractivity contribution in [1.29, 1.82) is 0 Å². The van der Waals surface area contributed by atoms with Gasteiger partial charge in [-0.1, -0.05) is 6.42 Å². The molecule has 1 aromatic rings. The molecule has 1 aliphatic rings. The monoisotopic (exact) mass is 294 g/mol. The van der Waals surface area contributed by atoms with Crippen LogP contribution in [0.3, 0.4) is 0 Å². The molecule has 116 valence electrons. The van der Waals surface area contributed by atoms with Crippen LogP contribution < -0.4 is 5.32 Å². The Bertz CT molecular complexity index is 493. The summed E-state index contributed by atoms with van der Waals surface area (Å²) in [5.41, 5.74) is 1.71. The van der Waals surface area contributed by atoms with Crippen LogP contribution in [-0.4, -0.2) is 29.8 Å². The van der Waals surface area contributed by atoms with Gasteiger partial charge in [0, 0.05) is 37.0 Å². The van der Waals surface area contributed by atoms with Gasteiger partial charge in [0.1, 0.15) is 0 Å². The van der Waals surface area contributed by atoms with Crippen LogP contribution in [0.1, 0.15) is 31.2 Å². The molecule has 2 atom stereocenters. The SMILES string of the molecule is COCc1cc([N+](=O)[O-])ccc1NCC1CCCC(O)C1. The van der Waals surface area contributed by atoms with Crippen molar-refractivity contribution in [2.45, 2.75) is 38.4 Å². The molecular formula is C15H22N2O4. The first-order valence-corrected chi connectivity index (χ1v) is 7.28. The van der Waals surface area contributed by atoms with Crippen molar-refractivity contribution in [3.05, 3.63) is 33.9 Å². The number of aliphatic hydroxyl groups is 1. The van der Waals surface area contributed by atoms with E-state index in [1.54, 1.807) is 19.2 Å². The third kappa shape index (κ3) is 4.41. The van der Waals surface area contributed by atoms with Crippen LogP contribution in [0.15, 0.2) is 18.2 Å². The number of nitro benzene ring substituents is 1. The van der Waals surface area contributed by atoms with Crippen molar-refractivity contribution in [2.75, 3.05) is 19.0 Å². The summed E-state index contributed by atoms with van der Waals surface area (Å²) in [5, 5.41) is 23.9. The van der Waals surface area contributed by atoms with E-state index in [-0.39, 0.29) is 11.8 Å². The van der Waals surface area contributed by atoms with Crippen molar-refractivity contribution >= 4 is 11.4 Å². The number of nitrogens with zero attached hydrogens (tertiary/aromatic N) is 1. The van der Waals surface area contributed by atoms with E-state index in [0.717, 1.165) is 43.5 Å². The maximum atomic E-state index is 10.8. The molecule has 0 radical (unpaired) electrons. The first-order chi connectivity index (χ1) is 10.1. The first kappa shape index (κ1) is 15.7. The van der Waals surface area contributed by atoms with Gasteiger partial charge in [-0.05, 0) is 31.2 Å². The summed E-state index contributed by atoms with van der Waals surface area (Å²) >= 11 is 0. The largest absolute Gasteiger partial charge is 0.393 e. The molecule has 0 aliphatic heterocycles. The van der Waals surface area contributed by atoms with Crippen LogP contribution in [0.5, 0.6) is 0 Å². The normalized spacial score (nSPS) is 22.0. The molecule has 0 bridgehead atoms. The van der Waals surface area contributed by atoms with Crippen molar-refractivity contribution in [2.24, 2.45) is 5.92 Å². The van der Waals surface area contributed by atoms with E-state index in [4.69, 9.17) is 4.74 Å². The Labute approximate surface area is 124 Å². The van der Waals surface area contributed by atoms with Gasteiger partial charge in [0.25, 0.3) is 5.69 Å². The van der Waals surface area contributed by atoms with E-state index >= 15 is 0 Å². The van der Waals surface area contributed by atoms with Gasteiger partial charge in [-0.2, -0.15) is 0 Å². The lowest BCUT2D eigenvalue weighted by molar-refractivity contribution is -0.384. The zero-order valence-electron chi connectivity index (χ0n) is 12.2. The second-order valence-corrected chi connectivity index (χ2v) is 5.60.